The van der Waals surface area contributed by atoms with E-state index in [1.165, 1.54) is 50.9 Å². The lowest BCUT2D eigenvalue weighted by Crippen LogP contribution is -2.47. The maximum absolute atomic E-state index is 3.58. The monoisotopic (exact) mass is 286 g/mol. The van der Waals surface area contributed by atoms with E-state index in [0.717, 1.165) is 5.92 Å². The Balaban J connectivity index is 1.76. The van der Waals surface area contributed by atoms with Crippen molar-refractivity contribution in [3.05, 3.63) is 29.8 Å². The van der Waals surface area contributed by atoms with Crippen LogP contribution in [-0.4, -0.2) is 26.2 Å². The van der Waals surface area contributed by atoms with Crippen LogP contribution in [0, 0.1) is 11.3 Å². The third-order valence-corrected chi connectivity index (χ3v) is 5.55. The topological polar surface area (TPSA) is 15.3 Å². The van der Waals surface area contributed by atoms with Gasteiger partial charge in [0.05, 0.1) is 0 Å². The van der Waals surface area contributed by atoms with Crippen molar-refractivity contribution in [1.29, 1.82) is 0 Å². The number of aryl methyl sites for hydroxylation is 1. The molecular formula is C19H30N2. The van der Waals surface area contributed by atoms with E-state index in [0.29, 0.717) is 11.5 Å². The van der Waals surface area contributed by atoms with E-state index in [-0.39, 0.29) is 0 Å². The number of anilines is 1. The number of rotatable bonds is 3. The van der Waals surface area contributed by atoms with Crippen molar-refractivity contribution in [3.63, 3.8) is 0 Å². The van der Waals surface area contributed by atoms with E-state index in [9.17, 15) is 0 Å². The van der Waals surface area contributed by atoms with Crippen molar-refractivity contribution in [2.45, 2.75) is 52.0 Å². The number of nitrogens with one attached hydrogen (secondary N) is 1. The predicted molar refractivity (Wildman–Crippen MR) is 90.9 cm³/mol. The van der Waals surface area contributed by atoms with Gasteiger partial charge in [0.2, 0.25) is 0 Å². The van der Waals surface area contributed by atoms with Crippen molar-refractivity contribution in [2.24, 2.45) is 11.3 Å². The molecule has 1 saturated carbocycles. The van der Waals surface area contributed by atoms with Gasteiger partial charge in [-0.1, -0.05) is 32.0 Å². The summed E-state index contributed by atoms with van der Waals surface area (Å²) >= 11 is 0. The fourth-order valence-corrected chi connectivity index (χ4v) is 4.39. The molecule has 1 N–H and O–H groups in total. The molecule has 0 aromatic heterocycles. The molecule has 1 aromatic carbocycles. The molecule has 0 saturated heterocycles. The highest BCUT2D eigenvalue weighted by molar-refractivity contribution is 5.55. The van der Waals surface area contributed by atoms with Gasteiger partial charge in [-0.2, -0.15) is 0 Å². The van der Waals surface area contributed by atoms with Crippen molar-refractivity contribution in [3.8, 4) is 0 Å². The van der Waals surface area contributed by atoms with Crippen LogP contribution in [0.3, 0.4) is 0 Å². The fraction of sp³-hybridized carbons (Fsp3) is 0.684. The van der Waals surface area contributed by atoms with E-state index < -0.39 is 0 Å². The van der Waals surface area contributed by atoms with Gasteiger partial charge in [-0.25, -0.2) is 0 Å². The highest BCUT2D eigenvalue weighted by atomic mass is 15.1. The predicted octanol–water partition coefficient (Wildman–Crippen LogP) is 3.85. The molecule has 3 rings (SSSR count). The molecule has 0 radical (unpaired) electrons. The van der Waals surface area contributed by atoms with Crippen LogP contribution >= 0.6 is 0 Å². The van der Waals surface area contributed by atoms with Crippen LogP contribution in [0.2, 0.25) is 0 Å². The second-order valence-corrected chi connectivity index (χ2v) is 7.74. The Morgan fingerprint density at radius 1 is 1.29 bits per heavy atom. The van der Waals surface area contributed by atoms with Gasteiger partial charge in [0, 0.05) is 24.8 Å². The molecule has 2 aliphatic rings. The zero-order valence-corrected chi connectivity index (χ0v) is 13.9. The Morgan fingerprint density at radius 2 is 2.10 bits per heavy atom. The first kappa shape index (κ1) is 14.9. The normalized spacial score (nSPS) is 28.2. The number of fused-ring (bicyclic) bond motifs is 1. The van der Waals surface area contributed by atoms with Gasteiger partial charge in [-0.3, -0.25) is 0 Å². The summed E-state index contributed by atoms with van der Waals surface area (Å²) in [6, 6.07) is 9.69. The first-order chi connectivity index (χ1) is 10.1. The Kier molecular flexibility index (Phi) is 4.26. The van der Waals surface area contributed by atoms with Crippen molar-refractivity contribution in [1.82, 2.24) is 5.32 Å². The number of benzene rings is 1. The molecule has 2 unspecified atom stereocenters. The highest BCUT2D eigenvalue weighted by Crippen LogP contribution is 2.40. The second-order valence-electron chi connectivity index (χ2n) is 7.74. The average Bonchev–Trinajstić information content (AvgIpc) is 2.47. The highest BCUT2D eigenvalue weighted by Gasteiger charge is 2.35. The molecule has 0 amide bonds. The van der Waals surface area contributed by atoms with Gasteiger partial charge in [0.1, 0.15) is 0 Å². The minimum absolute atomic E-state index is 0.507. The largest absolute Gasteiger partial charge is 0.371 e. The number of hydrogen-bond donors (Lipinski definition) is 1. The lowest BCUT2D eigenvalue weighted by molar-refractivity contribution is 0.145. The minimum atomic E-state index is 0.507. The molecule has 2 atom stereocenters. The smallest absolute Gasteiger partial charge is 0.0398 e. The van der Waals surface area contributed by atoms with Crippen LogP contribution in [0.25, 0.3) is 0 Å². The van der Waals surface area contributed by atoms with E-state index in [1.54, 1.807) is 5.56 Å². The van der Waals surface area contributed by atoms with E-state index in [4.69, 9.17) is 0 Å². The lowest BCUT2D eigenvalue weighted by Gasteiger charge is -2.44. The fourth-order valence-electron chi connectivity index (χ4n) is 4.39. The lowest BCUT2D eigenvalue weighted by atomic mass is 9.69. The number of hydrogen-bond acceptors (Lipinski definition) is 2. The molecule has 0 spiro atoms. The molecule has 1 aromatic rings. The first-order valence-electron chi connectivity index (χ1n) is 8.59. The Labute approximate surface area is 129 Å². The van der Waals surface area contributed by atoms with E-state index in [1.807, 2.05) is 0 Å². The van der Waals surface area contributed by atoms with Gasteiger partial charge in [0.15, 0.2) is 0 Å². The molecule has 2 heteroatoms. The summed E-state index contributed by atoms with van der Waals surface area (Å²) in [4.78, 5) is 2.65. The summed E-state index contributed by atoms with van der Waals surface area (Å²) in [5.74, 6) is 0.768. The average molecular weight is 286 g/mol. The van der Waals surface area contributed by atoms with Crippen LogP contribution in [-0.2, 0) is 6.42 Å². The SMILES string of the molecule is CNC1CCC(C)(C)CC1CN1CCCc2ccccc21. The minimum Gasteiger partial charge on any atom is -0.371 e. The zero-order valence-electron chi connectivity index (χ0n) is 13.9. The third-order valence-electron chi connectivity index (χ3n) is 5.55. The molecule has 1 aliphatic heterocycles. The van der Waals surface area contributed by atoms with Gasteiger partial charge in [-0.15, -0.1) is 0 Å². The van der Waals surface area contributed by atoms with Crippen LogP contribution in [0.5, 0.6) is 0 Å². The summed E-state index contributed by atoms with van der Waals surface area (Å²) in [6.07, 6.45) is 6.57. The van der Waals surface area contributed by atoms with Crippen molar-refractivity contribution in [2.75, 3.05) is 25.0 Å². The third kappa shape index (κ3) is 3.26. The summed E-state index contributed by atoms with van der Waals surface area (Å²) in [5.41, 5.74) is 3.54. The zero-order chi connectivity index (χ0) is 14.9. The van der Waals surface area contributed by atoms with Crippen LogP contribution in [0.15, 0.2) is 24.3 Å². The van der Waals surface area contributed by atoms with Gasteiger partial charge < -0.3 is 10.2 Å². The summed E-state index contributed by atoms with van der Waals surface area (Å²) in [5, 5.41) is 3.58. The molecule has 1 aliphatic carbocycles. The molecule has 0 bridgehead atoms. The van der Waals surface area contributed by atoms with Gasteiger partial charge >= 0.3 is 0 Å². The molecular weight excluding hydrogens is 256 g/mol. The Hall–Kier alpha value is -1.02. The maximum atomic E-state index is 3.58. The first-order valence-corrected chi connectivity index (χ1v) is 8.59. The van der Waals surface area contributed by atoms with Crippen molar-refractivity contribution < 1.29 is 0 Å². The van der Waals surface area contributed by atoms with Crippen molar-refractivity contribution >= 4 is 5.69 Å². The van der Waals surface area contributed by atoms with Gasteiger partial charge in [0.25, 0.3) is 0 Å². The molecule has 21 heavy (non-hydrogen) atoms. The number of nitrogens with zero attached hydrogens (tertiary/aromatic N) is 1. The molecule has 116 valence electrons. The quantitative estimate of drug-likeness (QED) is 0.908. The second kappa shape index (κ2) is 6.00. The Bertz CT molecular complexity index is 480. The van der Waals surface area contributed by atoms with E-state index >= 15 is 0 Å². The van der Waals surface area contributed by atoms with Crippen LogP contribution in [0.4, 0.5) is 5.69 Å². The maximum Gasteiger partial charge on any atom is 0.0398 e. The number of para-hydroxylation sites is 1. The van der Waals surface area contributed by atoms with Gasteiger partial charge in [-0.05, 0) is 62.1 Å². The summed E-state index contributed by atoms with van der Waals surface area (Å²) in [6.45, 7) is 7.32. The summed E-state index contributed by atoms with van der Waals surface area (Å²) in [7, 11) is 2.14. The summed E-state index contributed by atoms with van der Waals surface area (Å²) < 4.78 is 0. The van der Waals surface area contributed by atoms with Crippen LogP contribution in [0.1, 0.15) is 45.1 Å². The van der Waals surface area contributed by atoms with E-state index in [2.05, 4.69) is 55.4 Å². The molecule has 1 heterocycles. The Morgan fingerprint density at radius 3 is 2.90 bits per heavy atom. The molecule has 1 fully saturated rings. The van der Waals surface area contributed by atoms with Crippen LogP contribution < -0.4 is 10.2 Å². The standard InChI is InChI=1S/C19H30N2/c1-19(2)11-10-17(20-3)16(13-19)14-21-12-6-8-15-7-4-5-9-18(15)21/h4-5,7,9,16-17,20H,6,8,10-14H2,1-3H3. The molecule has 2 nitrogen and oxygen atoms in total.